The molecule has 1 amide bonds. The molecule has 2 rings (SSSR count). The number of para-hydroxylation sites is 1. The highest BCUT2D eigenvalue weighted by atomic mass is 79.9. The van der Waals surface area contributed by atoms with E-state index in [0.29, 0.717) is 10.7 Å². The van der Waals surface area contributed by atoms with E-state index in [4.69, 9.17) is 0 Å². The Morgan fingerprint density at radius 2 is 2.21 bits per heavy atom. The second kappa shape index (κ2) is 6.68. The summed E-state index contributed by atoms with van der Waals surface area (Å²) in [5.74, 6) is -0.152. The van der Waals surface area contributed by atoms with E-state index in [0.717, 1.165) is 22.4 Å². The van der Waals surface area contributed by atoms with Crippen LogP contribution in [0.4, 0.5) is 10.8 Å². The first-order valence-corrected chi connectivity index (χ1v) is 7.57. The number of rotatable bonds is 5. The lowest BCUT2D eigenvalue weighted by molar-refractivity contribution is 0.102. The summed E-state index contributed by atoms with van der Waals surface area (Å²) in [6, 6.07) is 7.47. The molecule has 0 bridgehead atoms. The summed E-state index contributed by atoms with van der Waals surface area (Å²) in [4.78, 5) is 16.3. The third kappa shape index (κ3) is 3.78. The van der Waals surface area contributed by atoms with Gasteiger partial charge in [-0.3, -0.25) is 10.1 Å². The van der Waals surface area contributed by atoms with Gasteiger partial charge in [-0.15, -0.1) is 0 Å². The fraction of sp³-hybridized carbons (Fsp3) is 0.231. The van der Waals surface area contributed by atoms with Crippen LogP contribution in [0.3, 0.4) is 0 Å². The van der Waals surface area contributed by atoms with Crippen LogP contribution in [0.5, 0.6) is 0 Å². The minimum Gasteiger partial charge on any atom is -0.384 e. The van der Waals surface area contributed by atoms with Crippen LogP contribution >= 0.6 is 27.3 Å². The average Bonchev–Trinajstić information content (AvgIpc) is 2.82. The van der Waals surface area contributed by atoms with Crippen molar-refractivity contribution >= 4 is 44.0 Å². The number of amides is 1. The second-order valence-electron chi connectivity index (χ2n) is 3.90. The number of benzene rings is 1. The SMILES string of the molecule is CCCNc1ccccc1C(=O)Nc1ncc(Br)s1. The Hall–Kier alpha value is -1.40. The normalized spacial score (nSPS) is 10.2. The molecule has 2 aromatic rings. The van der Waals surface area contributed by atoms with Crippen LogP contribution in [0, 0.1) is 0 Å². The molecule has 100 valence electrons. The molecule has 0 radical (unpaired) electrons. The molecule has 0 aliphatic rings. The van der Waals surface area contributed by atoms with Gasteiger partial charge in [0.05, 0.1) is 15.5 Å². The summed E-state index contributed by atoms with van der Waals surface area (Å²) < 4.78 is 0.889. The molecule has 0 saturated carbocycles. The van der Waals surface area contributed by atoms with E-state index in [9.17, 15) is 4.79 Å². The Balaban J connectivity index is 2.14. The Labute approximate surface area is 124 Å². The molecule has 0 aliphatic carbocycles. The third-order valence-electron chi connectivity index (χ3n) is 2.44. The summed E-state index contributed by atoms with van der Waals surface area (Å²) in [5, 5.41) is 6.63. The Morgan fingerprint density at radius 1 is 1.42 bits per heavy atom. The first kappa shape index (κ1) is 14.0. The van der Waals surface area contributed by atoms with Crippen molar-refractivity contribution in [2.24, 2.45) is 0 Å². The standard InChI is InChI=1S/C13H14BrN3OS/c1-2-7-15-10-6-4-3-5-9(10)12(18)17-13-16-8-11(14)19-13/h3-6,8,15H,2,7H2,1H3,(H,16,17,18). The smallest absolute Gasteiger partial charge is 0.259 e. The molecule has 19 heavy (non-hydrogen) atoms. The van der Waals surface area contributed by atoms with Gasteiger partial charge in [0.25, 0.3) is 5.91 Å². The highest BCUT2D eigenvalue weighted by Crippen LogP contribution is 2.24. The molecule has 1 aromatic heterocycles. The fourth-order valence-electron chi connectivity index (χ4n) is 1.57. The number of carbonyl (C=O) groups is 1. The predicted molar refractivity (Wildman–Crippen MR) is 83.0 cm³/mol. The van der Waals surface area contributed by atoms with Crippen molar-refractivity contribution in [2.75, 3.05) is 17.2 Å². The van der Waals surface area contributed by atoms with E-state index in [-0.39, 0.29) is 5.91 Å². The lowest BCUT2D eigenvalue weighted by Crippen LogP contribution is -2.14. The van der Waals surface area contributed by atoms with Crippen LogP contribution in [-0.2, 0) is 0 Å². The fourth-order valence-corrected chi connectivity index (χ4v) is 2.67. The van der Waals surface area contributed by atoms with Crippen LogP contribution in [-0.4, -0.2) is 17.4 Å². The number of thiazole rings is 1. The van der Waals surface area contributed by atoms with Crippen molar-refractivity contribution in [1.29, 1.82) is 0 Å². The molecule has 0 spiro atoms. The summed E-state index contributed by atoms with van der Waals surface area (Å²) in [6.45, 7) is 2.93. The molecule has 1 aromatic carbocycles. The minimum atomic E-state index is -0.152. The first-order valence-electron chi connectivity index (χ1n) is 5.96. The number of hydrogen-bond acceptors (Lipinski definition) is 4. The predicted octanol–water partition coefficient (Wildman–Crippen LogP) is 3.98. The van der Waals surface area contributed by atoms with Crippen LogP contribution in [0.25, 0.3) is 0 Å². The van der Waals surface area contributed by atoms with Crippen molar-refractivity contribution < 1.29 is 4.79 Å². The van der Waals surface area contributed by atoms with Crippen molar-refractivity contribution in [3.63, 3.8) is 0 Å². The van der Waals surface area contributed by atoms with Crippen LogP contribution in [0.1, 0.15) is 23.7 Å². The van der Waals surface area contributed by atoms with E-state index in [2.05, 4.69) is 38.5 Å². The van der Waals surface area contributed by atoms with Crippen molar-refractivity contribution in [1.82, 2.24) is 4.98 Å². The minimum absolute atomic E-state index is 0.152. The van der Waals surface area contributed by atoms with Gasteiger partial charge < -0.3 is 5.32 Å². The van der Waals surface area contributed by atoms with Crippen LogP contribution < -0.4 is 10.6 Å². The van der Waals surface area contributed by atoms with Gasteiger partial charge in [-0.2, -0.15) is 0 Å². The Morgan fingerprint density at radius 3 is 2.89 bits per heavy atom. The van der Waals surface area contributed by atoms with Gasteiger partial charge in [-0.05, 0) is 34.5 Å². The number of halogens is 1. The maximum atomic E-state index is 12.2. The van der Waals surface area contributed by atoms with E-state index < -0.39 is 0 Å². The molecule has 0 atom stereocenters. The summed E-state index contributed by atoms with van der Waals surface area (Å²) in [6.07, 6.45) is 2.68. The summed E-state index contributed by atoms with van der Waals surface area (Å²) in [7, 11) is 0. The summed E-state index contributed by atoms with van der Waals surface area (Å²) in [5.41, 5.74) is 1.47. The first-order chi connectivity index (χ1) is 9.20. The van der Waals surface area contributed by atoms with Crippen molar-refractivity contribution in [3.05, 3.63) is 39.8 Å². The maximum Gasteiger partial charge on any atom is 0.259 e. The molecular formula is C13H14BrN3OS. The lowest BCUT2D eigenvalue weighted by Gasteiger charge is -2.10. The topological polar surface area (TPSA) is 54.0 Å². The largest absolute Gasteiger partial charge is 0.384 e. The van der Waals surface area contributed by atoms with Crippen molar-refractivity contribution in [2.45, 2.75) is 13.3 Å². The zero-order valence-electron chi connectivity index (χ0n) is 10.4. The number of hydrogen-bond donors (Lipinski definition) is 2. The van der Waals surface area contributed by atoms with E-state index in [1.807, 2.05) is 18.2 Å². The molecule has 0 aliphatic heterocycles. The molecule has 6 heteroatoms. The van der Waals surface area contributed by atoms with Crippen molar-refractivity contribution in [3.8, 4) is 0 Å². The highest BCUT2D eigenvalue weighted by molar-refractivity contribution is 9.11. The number of aromatic nitrogens is 1. The monoisotopic (exact) mass is 339 g/mol. The lowest BCUT2D eigenvalue weighted by atomic mass is 10.1. The van der Waals surface area contributed by atoms with Gasteiger partial charge in [0, 0.05) is 12.2 Å². The zero-order valence-corrected chi connectivity index (χ0v) is 12.8. The maximum absolute atomic E-state index is 12.2. The van der Waals surface area contributed by atoms with Gasteiger partial charge >= 0.3 is 0 Å². The second-order valence-corrected chi connectivity index (χ2v) is 6.31. The quantitative estimate of drug-likeness (QED) is 0.866. The zero-order chi connectivity index (χ0) is 13.7. The van der Waals surface area contributed by atoms with E-state index in [1.54, 1.807) is 12.3 Å². The van der Waals surface area contributed by atoms with Gasteiger partial charge in [-0.25, -0.2) is 4.98 Å². The van der Waals surface area contributed by atoms with Gasteiger partial charge in [0.1, 0.15) is 0 Å². The molecule has 4 nitrogen and oxygen atoms in total. The van der Waals surface area contributed by atoms with Gasteiger partial charge in [-0.1, -0.05) is 30.4 Å². The van der Waals surface area contributed by atoms with E-state index >= 15 is 0 Å². The number of nitrogens with zero attached hydrogens (tertiary/aromatic N) is 1. The summed E-state index contributed by atoms with van der Waals surface area (Å²) >= 11 is 4.71. The molecule has 1 heterocycles. The van der Waals surface area contributed by atoms with Gasteiger partial charge in [0.2, 0.25) is 0 Å². The van der Waals surface area contributed by atoms with E-state index in [1.165, 1.54) is 11.3 Å². The average molecular weight is 340 g/mol. The number of anilines is 2. The molecule has 0 saturated heterocycles. The molecule has 2 N–H and O–H groups in total. The highest BCUT2D eigenvalue weighted by Gasteiger charge is 2.12. The van der Waals surface area contributed by atoms with Crippen LogP contribution in [0.15, 0.2) is 34.2 Å². The number of carbonyl (C=O) groups excluding carboxylic acids is 1. The Kier molecular flexibility index (Phi) is 4.93. The Bertz CT molecular complexity index is 571. The molecule has 0 unspecified atom stereocenters. The molecular weight excluding hydrogens is 326 g/mol. The third-order valence-corrected chi connectivity index (χ3v) is 3.83. The number of nitrogens with one attached hydrogen (secondary N) is 2. The van der Waals surface area contributed by atoms with Crippen LogP contribution in [0.2, 0.25) is 0 Å². The molecule has 0 fully saturated rings. The van der Waals surface area contributed by atoms with Gasteiger partial charge in [0.15, 0.2) is 5.13 Å².